The lowest BCUT2D eigenvalue weighted by Gasteiger charge is -2.28. The van der Waals surface area contributed by atoms with Gasteiger partial charge in [-0.3, -0.25) is 0 Å². The largest absolute Gasteiger partial charge is 0.486 e. The Bertz CT molecular complexity index is 1120. The fourth-order valence-corrected chi connectivity index (χ4v) is 4.63. The minimum atomic E-state index is -0.956. The number of hydrogen-bond acceptors (Lipinski definition) is 3. The van der Waals surface area contributed by atoms with Gasteiger partial charge < -0.3 is 14.2 Å². The van der Waals surface area contributed by atoms with Crippen molar-refractivity contribution in [1.29, 1.82) is 0 Å². The monoisotopic (exact) mass is 484 g/mol. The van der Waals surface area contributed by atoms with E-state index in [-0.39, 0.29) is 30.2 Å². The van der Waals surface area contributed by atoms with Gasteiger partial charge in [-0.25, -0.2) is 8.78 Å². The number of rotatable bonds is 9. The molecule has 0 aliphatic heterocycles. The quantitative estimate of drug-likeness (QED) is 0.314. The first-order valence-corrected chi connectivity index (χ1v) is 12.1. The van der Waals surface area contributed by atoms with E-state index < -0.39 is 11.6 Å². The lowest BCUT2D eigenvalue weighted by Crippen LogP contribution is -2.20. The van der Waals surface area contributed by atoms with Crippen LogP contribution in [0.5, 0.6) is 5.75 Å². The molecule has 186 valence electrons. The summed E-state index contributed by atoms with van der Waals surface area (Å²) >= 11 is 0. The second-order valence-electron chi connectivity index (χ2n) is 8.93. The van der Waals surface area contributed by atoms with Crippen LogP contribution in [0.4, 0.5) is 13.2 Å². The molecular weight excluding hydrogens is 453 g/mol. The number of hydrogen-bond donors (Lipinski definition) is 0. The Morgan fingerprint density at radius 2 is 1.51 bits per heavy atom. The Morgan fingerprint density at radius 3 is 2.17 bits per heavy atom. The Hall–Kier alpha value is -2.83. The highest BCUT2D eigenvalue weighted by molar-refractivity contribution is 5.64. The molecule has 4 rings (SSSR count). The summed E-state index contributed by atoms with van der Waals surface area (Å²) in [6, 6.07) is 15.3. The van der Waals surface area contributed by atoms with Crippen molar-refractivity contribution in [3.8, 4) is 16.9 Å². The van der Waals surface area contributed by atoms with Gasteiger partial charge in [-0.1, -0.05) is 42.5 Å². The van der Waals surface area contributed by atoms with Gasteiger partial charge in [-0.15, -0.1) is 0 Å². The molecule has 35 heavy (non-hydrogen) atoms. The van der Waals surface area contributed by atoms with E-state index in [0.717, 1.165) is 42.4 Å². The molecule has 0 amide bonds. The highest BCUT2D eigenvalue weighted by atomic mass is 19.2. The van der Waals surface area contributed by atoms with E-state index in [4.69, 9.17) is 14.2 Å². The van der Waals surface area contributed by atoms with Crippen molar-refractivity contribution >= 4 is 0 Å². The molecule has 3 nitrogen and oxygen atoms in total. The average molecular weight is 485 g/mol. The van der Waals surface area contributed by atoms with Crippen LogP contribution in [-0.2, 0) is 22.7 Å². The van der Waals surface area contributed by atoms with Gasteiger partial charge in [0.05, 0.1) is 12.7 Å². The molecular formula is C29H31F3O3. The molecule has 1 saturated carbocycles. The van der Waals surface area contributed by atoms with E-state index in [9.17, 15) is 13.2 Å². The van der Waals surface area contributed by atoms with Crippen LogP contribution in [-0.4, -0.2) is 19.8 Å². The van der Waals surface area contributed by atoms with Gasteiger partial charge in [-0.05, 0) is 72.9 Å². The van der Waals surface area contributed by atoms with Crippen LogP contribution in [0, 0.1) is 17.5 Å². The van der Waals surface area contributed by atoms with Gasteiger partial charge >= 0.3 is 0 Å². The first-order valence-electron chi connectivity index (χ1n) is 12.1. The van der Waals surface area contributed by atoms with Crippen LogP contribution < -0.4 is 4.74 Å². The van der Waals surface area contributed by atoms with Gasteiger partial charge in [-0.2, -0.15) is 4.39 Å². The number of methoxy groups -OCH3 is 1. The maximum absolute atomic E-state index is 14.8. The highest BCUT2D eigenvalue weighted by Crippen LogP contribution is 2.37. The fourth-order valence-electron chi connectivity index (χ4n) is 4.63. The van der Waals surface area contributed by atoms with Crippen molar-refractivity contribution in [2.24, 2.45) is 0 Å². The summed E-state index contributed by atoms with van der Waals surface area (Å²) in [5.74, 6) is -2.23. The molecule has 0 saturated heterocycles. The predicted molar refractivity (Wildman–Crippen MR) is 130 cm³/mol. The lowest BCUT2D eigenvalue weighted by atomic mass is 9.82. The topological polar surface area (TPSA) is 27.7 Å². The molecule has 0 aromatic heterocycles. The molecule has 1 aliphatic carbocycles. The molecule has 0 N–H and O–H groups in total. The third-order valence-corrected chi connectivity index (χ3v) is 6.69. The Balaban J connectivity index is 1.39. The van der Waals surface area contributed by atoms with E-state index in [0.29, 0.717) is 24.3 Å². The predicted octanol–water partition coefficient (Wildman–Crippen LogP) is 7.56. The summed E-state index contributed by atoms with van der Waals surface area (Å²) in [6.07, 6.45) is 3.44. The van der Waals surface area contributed by atoms with E-state index in [1.807, 2.05) is 13.0 Å². The lowest BCUT2D eigenvalue weighted by molar-refractivity contribution is 0.0654. The van der Waals surface area contributed by atoms with Crippen LogP contribution in [0.25, 0.3) is 11.1 Å². The molecule has 6 heteroatoms. The second kappa shape index (κ2) is 11.7. The Kier molecular flexibility index (Phi) is 8.47. The highest BCUT2D eigenvalue weighted by Gasteiger charge is 2.26. The number of ether oxygens (including phenoxy) is 3. The number of benzene rings is 3. The molecule has 3 aromatic carbocycles. The third kappa shape index (κ3) is 6.06. The SMILES string of the molecule is CCOCc1ccc(-c2ccc(COc3ccc(C4CCC(OC)CC4)c(F)c3F)cc2)c(F)c1. The van der Waals surface area contributed by atoms with Gasteiger partial charge in [0.2, 0.25) is 5.82 Å². The average Bonchev–Trinajstić information content (AvgIpc) is 2.89. The summed E-state index contributed by atoms with van der Waals surface area (Å²) in [6.45, 7) is 2.91. The van der Waals surface area contributed by atoms with Crippen LogP contribution in [0.1, 0.15) is 55.2 Å². The fraction of sp³-hybridized carbons (Fsp3) is 0.379. The van der Waals surface area contributed by atoms with Crippen molar-refractivity contribution in [1.82, 2.24) is 0 Å². The van der Waals surface area contributed by atoms with Gasteiger partial charge in [0.1, 0.15) is 12.4 Å². The van der Waals surface area contributed by atoms with Gasteiger partial charge in [0, 0.05) is 19.3 Å². The molecule has 0 heterocycles. The summed E-state index contributed by atoms with van der Waals surface area (Å²) in [7, 11) is 1.69. The molecule has 1 aliphatic rings. The van der Waals surface area contributed by atoms with E-state index in [1.54, 1.807) is 43.5 Å². The van der Waals surface area contributed by atoms with Crippen molar-refractivity contribution in [3.05, 3.63) is 88.7 Å². The van der Waals surface area contributed by atoms with Crippen LogP contribution in [0.15, 0.2) is 54.6 Å². The maximum Gasteiger partial charge on any atom is 0.200 e. The Labute approximate surface area is 204 Å². The smallest absolute Gasteiger partial charge is 0.200 e. The summed E-state index contributed by atoms with van der Waals surface area (Å²) in [5.41, 5.74) is 3.16. The molecule has 1 fully saturated rings. The summed E-state index contributed by atoms with van der Waals surface area (Å²) < 4.78 is 60.4. The van der Waals surface area contributed by atoms with E-state index >= 15 is 0 Å². The van der Waals surface area contributed by atoms with Crippen molar-refractivity contribution in [3.63, 3.8) is 0 Å². The van der Waals surface area contributed by atoms with Gasteiger partial charge in [0.15, 0.2) is 11.6 Å². The normalized spacial score (nSPS) is 18.0. The second-order valence-corrected chi connectivity index (χ2v) is 8.93. The zero-order chi connectivity index (χ0) is 24.8. The summed E-state index contributed by atoms with van der Waals surface area (Å²) in [4.78, 5) is 0. The Morgan fingerprint density at radius 1 is 0.800 bits per heavy atom. The zero-order valence-corrected chi connectivity index (χ0v) is 20.2. The molecule has 0 radical (unpaired) electrons. The van der Waals surface area contributed by atoms with Crippen molar-refractivity contribution < 1.29 is 27.4 Å². The molecule has 0 bridgehead atoms. The standard InChI is InChI=1S/C29H31F3O3/c1-3-34-17-20-6-13-24(26(30)16-20)21-7-4-19(5-8-21)18-35-27-15-14-25(28(31)29(27)32)22-9-11-23(33-2)12-10-22/h4-8,13-16,22-23H,3,9-12,17-18H2,1-2H3. The summed E-state index contributed by atoms with van der Waals surface area (Å²) in [5, 5.41) is 0. The van der Waals surface area contributed by atoms with Crippen LogP contribution in [0.3, 0.4) is 0 Å². The van der Waals surface area contributed by atoms with Crippen molar-refractivity contribution in [2.75, 3.05) is 13.7 Å². The van der Waals surface area contributed by atoms with E-state index in [2.05, 4.69) is 0 Å². The minimum absolute atomic E-state index is 0.00822. The maximum atomic E-state index is 14.8. The zero-order valence-electron chi connectivity index (χ0n) is 20.2. The van der Waals surface area contributed by atoms with Crippen LogP contribution in [0.2, 0.25) is 0 Å². The van der Waals surface area contributed by atoms with E-state index in [1.165, 1.54) is 12.1 Å². The van der Waals surface area contributed by atoms with Crippen LogP contribution >= 0.6 is 0 Å². The van der Waals surface area contributed by atoms with Crippen molar-refractivity contribution in [2.45, 2.75) is 57.8 Å². The first kappa shape index (κ1) is 25.3. The molecule has 0 spiro atoms. The molecule has 0 unspecified atom stereocenters. The van der Waals surface area contributed by atoms with Gasteiger partial charge in [0.25, 0.3) is 0 Å². The first-order chi connectivity index (χ1) is 17.0. The minimum Gasteiger partial charge on any atom is -0.486 e. The third-order valence-electron chi connectivity index (χ3n) is 6.69. The molecule has 3 aromatic rings. The molecule has 0 atom stereocenters. The number of halogens is 3.